The topological polar surface area (TPSA) is 69.0 Å². The molecule has 1 aromatic carbocycles. The van der Waals surface area contributed by atoms with Crippen LogP contribution in [0.1, 0.15) is 19.4 Å². The highest BCUT2D eigenvalue weighted by Crippen LogP contribution is 2.22. The maximum absolute atomic E-state index is 12.3. The fourth-order valence-electron chi connectivity index (χ4n) is 3.01. The van der Waals surface area contributed by atoms with Crippen LogP contribution in [0.25, 0.3) is 11.0 Å². The Labute approximate surface area is 140 Å². The molecule has 0 unspecified atom stereocenters. The van der Waals surface area contributed by atoms with E-state index in [0.717, 1.165) is 10.9 Å². The van der Waals surface area contributed by atoms with E-state index in [1.807, 2.05) is 26.8 Å². The van der Waals surface area contributed by atoms with Crippen LogP contribution in [0.5, 0.6) is 5.75 Å². The van der Waals surface area contributed by atoms with Crippen LogP contribution in [0.15, 0.2) is 33.5 Å². The summed E-state index contributed by atoms with van der Waals surface area (Å²) in [7, 11) is 0. The zero-order valence-corrected chi connectivity index (χ0v) is 14.1. The van der Waals surface area contributed by atoms with E-state index in [1.165, 1.54) is 6.07 Å². The zero-order chi connectivity index (χ0) is 17.3. The van der Waals surface area contributed by atoms with Crippen molar-refractivity contribution in [3.05, 3.63) is 40.2 Å². The monoisotopic (exact) mass is 331 g/mol. The first-order chi connectivity index (χ1) is 11.4. The third kappa shape index (κ3) is 3.59. The van der Waals surface area contributed by atoms with Crippen LogP contribution in [0.3, 0.4) is 0 Å². The van der Waals surface area contributed by atoms with Crippen LogP contribution < -0.4 is 10.4 Å². The summed E-state index contributed by atoms with van der Waals surface area (Å²) in [5.41, 5.74) is 0.906. The molecule has 1 aliphatic rings. The van der Waals surface area contributed by atoms with Gasteiger partial charge in [0.1, 0.15) is 11.3 Å². The number of morpholine rings is 1. The molecule has 6 nitrogen and oxygen atoms in total. The van der Waals surface area contributed by atoms with Crippen LogP contribution >= 0.6 is 0 Å². The Morgan fingerprint density at radius 3 is 2.67 bits per heavy atom. The lowest BCUT2D eigenvalue weighted by molar-refractivity contribution is -0.145. The average Bonchev–Trinajstić information content (AvgIpc) is 2.51. The molecule has 0 N–H and O–H groups in total. The van der Waals surface area contributed by atoms with Crippen molar-refractivity contribution in [3.63, 3.8) is 0 Å². The molecule has 0 bridgehead atoms. The molecule has 2 aromatic rings. The Hall–Kier alpha value is -2.34. The Morgan fingerprint density at radius 1 is 1.25 bits per heavy atom. The van der Waals surface area contributed by atoms with Gasteiger partial charge in [0.15, 0.2) is 6.61 Å². The fourth-order valence-corrected chi connectivity index (χ4v) is 3.01. The van der Waals surface area contributed by atoms with Crippen molar-refractivity contribution in [1.29, 1.82) is 0 Å². The summed E-state index contributed by atoms with van der Waals surface area (Å²) < 4.78 is 16.4. The van der Waals surface area contributed by atoms with Gasteiger partial charge in [0.2, 0.25) is 0 Å². The van der Waals surface area contributed by atoms with E-state index in [2.05, 4.69) is 0 Å². The zero-order valence-electron chi connectivity index (χ0n) is 14.1. The maximum Gasteiger partial charge on any atom is 0.336 e. The second kappa shape index (κ2) is 6.65. The molecule has 3 rings (SSSR count). The van der Waals surface area contributed by atoms with E-state index >= 15 is 0 Å². The first-order valence-corrected chi connectivity index (χ1v) is 8.03. The predicted molar refractivity (Wildman–Crippen MR) is 89.3 cm³/mol. The molecule has 24 heavy (non-hydrogen) atoms. The molecule has 1 aliphatic heterocycles. The number of hydrogen-bond acceptors (Lipinski definition) is 5. The number of hydrogen-bond donors (Lipinski definition) is 0. The number of amides is 1. The van der Waals surface area contributed by atoms with E-state index in [4.69, 9.17) is 13.9 Å². The van der Waals surface area contributed by atoms with E-state index < -0.39 is 5.63 Å². The first-order valence-electron chi connectivity index (χ1n) is 8.03. The van der Waals surface area contributed by atoms with Gasteiger partial charge in [-0.2, -0.15) is 0 Å². The molecule has 1 fully saturated rings. The minimum Gasteiger partial charge on any atom is -0.484 e. The van der Waals surface area contributed by atoms with E-state index in [1.54, 1.807) is 17.0 Å². The summed E-state index contributed by atoms with van der Waals surface area (Å²) in [5.74, 6) is 0.418. The molecule has 0 radical (unpaired) electrons. The Kier molecular flexibility index (Phi) is 4.57. The van der Waals surface area contributed by atoms with Crippen LogP contribution in [0.4, 0.5) is 0 Å². The normalized spacial score (nSPS) is 21.0. The highest BCUT2D eigenvalue weighted by molar-refractivity contribution is 5.81. The van der Waals surface area contributed by atoms with Gasteiger partial charge >= 0.3 is 5.63 Å². The number of aryl methyl sites for hydroxylation is 1. The molecule has 6 heteroatoms. The molecule has 0 aliphatic carbocycles. The van der Waals surface area contributed by atoms with Gasteiger partial charge in [-0.3, -0.25) is 4.79 Å². The molecule has 2 atom stereocenters. The lowest BCUT2D eigenvalue weighted by atomic mass is 10.1. The third-order valence-electron chi connectivity index (χ3n) is 4.06. The van der Waals surface area contributed by atoms with Gasteiger partial charge in [-0.1, -0.05) is 0 Å². The van der Waals surface area contributed by atoms with Crippen molar-refractivity contribution in [3.8, 4) is 5.75 Å². The highest BCUT2D eigenvalue weighted by Gasteiger charge is 2.26. The average molecular weight is 331 g/mol. The summed E-state index contributed by atoms with van der Waals surface area (Å²) in [5, 5.41) is 0.851. The molecule has 1 aromatic heterocycles. The number of fused-ring (bicyclic) bond motifs is 1. The molecule has 0 spiro atoms. The van der Waals surface area contributed by atoms with Crippen molar-refractivity contribution < 1.29 is 18.7 Å². The maximum atomic E-state index is 12.3. The second-order valence-electron chi connectivity index (χ2n) is 6.25. The van der Waals surface area contributed by atoms with Crippen LogP contribution in [-0.4, -0.2) is 42.7 Å². The lowest BCUT2D eigenvalue weighted by Gasteiger charge is -2.35. The molecular formula is C18H21NO5. The van der Waals surface area contributed by atoms with Crippen molar-refractivity contribution in [1.82, 2.24) is 4.90 Å². The molecule has 1 amide bonds. The number of rotatable bonds is 3. The number of benzene rings is 1. The first kappa shape index (κ1) is 16.5. The number of carbonyl (C=O) groups excluding carboxylic acids is 1. The van der Waals surface area contributed by atoms with Crippen molar-refractivity contribution in [2.24, 2.45) is 0 Å². The quantitative estimate of drug-likeness (QED) is 0.806. The van der Waals surface area contributed by atoms with Gasteiger partial charge in [0.05, 0.1) is 12.2 Å². The van der Waals surface area contributed by atoms with Gasteiger partial charge < -0.3 is 18.8 Å². The number of nitrogens with zero attached hydrogens (tertiary/aromatic N) is 1. The summed E-state index contributed by atoms with van der Waals surface area (Å²) in [6.45, 7) is 6.83. The molecule has 2 heterocycles. The lowest BCUT2D eigenvalue weighted by Crippen LogP contribution is -2.49. The summed E-state index contributed by atoms with van der Waals surface area (Å²) in [6.07, 6.45) is 0.0474. The Morgan fingerprint density at radius 2 is 1.96 bits per heavy atom. The Balaban J connectivity index is 1.69. The fraction of sp³-hybridized carbons (Fsp3) is 0.444. The predicted octanol–water partition coefficient (Wildman–Crippen LogP) is 2.12. The Bertz CT molecular complexity index is 803. The van der Waals surface area contributed by atoms with Crippen molar-refractivity contribution >= 4 is 16.9 Å². The molecular weight excluding hydrogens is 310 g/mol. The van der Waals surface area contributed by atoms with Crippen molar-refractivity contribution in [2.45, 2.75) is 33.0 Å². The smallest absolute Gasteiger partial charge is 0.336 e. The standard InChI is InChI=1S/C18H21NO5/c1-11-6-18(21)24-16-7-14(4-5-15(11)16)22-10-17(20)19-8-12(2)23-13(3)9-19/h4-7,12-13H,8-10H2,1-3H3/t12-,13+. The van der Waals surface area contributed by atoms with Crippen LogP contribution in [-0.2, 0) is 9.53 Å². The largest absolute Gasteiger partial charge is 0.484 e. The van der Waals surface area contributed by atoms with E-state index in [9.17, 15) is 9.59 Å². The van der Waals surface area contributed by atoms with Gasteiger partial charge in [0.25, 0.3) is 5.91 Å². The SMILES string of the molecule is Cc1cc(=O)oc2cc(OCC(=O)N3C[C@@H](C)O[C@@H](C)C3)ccc12. The van der Waals surface area contributed by atoms with Gasteiger partial charge in [0, 0.05) is 30.6 Å². The van der Waals surface area contributed by atoms with Crippen LogP contribution in [0, 0.1) is 6.92 Å². The molecule has 128 valence electrons. The van der Waals surface area contributed by atoms with Gasteiger partial charge in [-0.25, -0.2) is 4.79 Å². The molecule has 1 saturated heterocycles. The third-order valence-corrected chi connectivity index (χ3v) is 4.06. The number of ether oxygens (including phenoxy) is 2. The summed E-state index contributed by atoms with van der Waals surface area (Å²) in [6, 6.07) is 6.69. The number of carbonyl (C=O) groups is 1. The van der Waals surface area contributed by atoms with E-state index in [0.29, 0.717) is 24.4 Å². The van der Waals surface area contributed by atoms with Crippen molar-refractivity contribution in [2.75, 3.05) is 19.7 Å². The molecule has 0 saturated carbocycles. The second-order valence-corrected chi connectivity index (χ2v) is 6.25. The van der Waals surface area contributed by atoms with E-state index in [-0.39, 0.29) is 24.7 Å². The minimum atomic E-state index is -0.399. The van der Waals surface area contributed by atoms with Gasteiger partial charge in [-0.15, -0.1) is 0 Å². The highest BCUT2D eigenvalue weighted by atomic mass is 16.5. The minimum absolute atomic E-state index is 0.0237. The summed E-state index contributed by atoms with van der Waals surface area (Å²) in [4.78, 5) is 25.5. The summed E-state index contributed by atoms with van der Waals surface area (Å²) >= 11 is 0. The van der Waals surface area contributed by atoms with Crippen LogP contribution in [0.2, 0.25) is 0 Å². The van der Waals surface area contributed by atoms with Gasteiger partial charge in [-0.05, 0) is 38.5 Å².